The van der Waals surface area contributed by atoms with Gasteiger partial charge in [0.25, 0.3) is 0 Å². The number of carbonyl (C=O) groups is 1. The van der Waals surface area contributed by atoms with Gasteiger partial charge in [0, 0.05) is 37.2 Å². The Labute approximate surface area is 376 Å². The topological polar surface area (TPSA) is 253 Å². The lowest BCUT2D eigenvalue weighted by Crippen LogP contribution is -2.62. The van der Waals surface area contributed by atoms with Gasteiger partial charge in [-0.2, -0.15) is 0 Å². The van der Waals surface area contributed by atoms with Gasteiger partial charge in [0.15, 0.2) is 25.2 Å². The number of aliphatic hydroxyl groups is 8. The van der Waals surface area contributed by atoms with Crippen molar-refractivity contribution in [2.45, 2.75) is 235 Å². The van der Waals surface area contributed by atoms with E-state index in [2.05, 4.69) is 13.8 Å². The van der Waals surface area contributed by atoms with Gasteiger partial charge >= 0.3 is 5.97 Å². The maximum Gasteiger partial charge on any atom is 0.331 e. The fourth-order valence-electron chi connectivity index (χ4n) is 13.8. The number of ether oxygens (including phenoxy) is 8. The summed E-state index contributed by atoms with van der Waals surface area (Å²) in [6, 6.07) is 0. The van der Waals surface area contributed by atoms with Crippen LogP contribution >= 0.6 is 0 Å². The first-order valence-electron chi connectivity index (χ1n) is 24.1. The summed E-state index contributed by atoms with van der Waals surface area (Å²) in [6.07, 6.45) is -1.17. The number of hydrogen-bond donors (Lipinski definition) is 8. The number of carbonyl (C=O) groups excluding carboxylic acids is 1. The molecule has 4 saturated heterocycles. The fourth-order valence-corrected chi connectivity index (χ4v) is 13.8. The quantitative estimate of drug-likeness (QED) is 0.135. The number of cyclic esters (lactones) is 1. The minimum absolute atomic E-state index is 0.0243. The average Bonchev–Trinajstić information content (AvgIpc) is 3.78. The van der Waals surface area contributed by atoms with Crippen LogP contribution in [0.5, 0.6) is 0 Å². The highest BCUT2D eigenvalue weighted by molar-refractivity contribution is 5.85. The first-order valence-corrected chi connectivity index (χ1v) is 24.1. The molecule has 8 N–H and O–H groups in total. The third-order valence-corrected chi connectivity index (χ3v) is 17.5. The summed E-state index contributed by atoms with van der Waals surface area (Å²) in [7, 11) is 0. The summed E-state index contributed by atoms with van der Waals surface area (Å²) in [5, 5.41) is 82.0. The average molecular weight is 913 g/mol. The second-order valence-electron chi connectivity index (χ2n) is 21.3. The van der Waals surface area contributed by atoms with Gasteiger partial charge in [-0.25, -0.2) is 4.79 Å². The van der Waals surface area contributed by atoms with E-state index < -0.39 is 104 Å². The molecule has 4 saturated carbocycles. The largest absolute Gasteiger partial charge is 0.458 e. The van der Waals surface area contributed by atoms with Crippen LogP contribution in [0.4, 0.5) is 0 Å². The van der Waals surface area contributed by atoms with Crippen molar-refractivity contribution in [2.24, 2.45) is 34.5 Å². The van der Waals surface area contributed by atoms with Gasteiger partial charge in [-0.15, -0.1) is 0 Å². The second kappa shape index (κ2) is 19.2. The fraction of sp³-hybridized carbons (Fsp3) is 0.936. The highest BCUT2D eigenvalue weighted by Crippen LogP contribution is 2.70. The molecule has 0 radical (unpaired) electrons. The predicted octanol–water partition coefficient (Wildman–Crippen LogP) is 2.08. The normalized spacial score (nSPS) is 54.1. The molecule has 8 fully saturated rings. The monoisotopic (exact) mass is 913 g/mol. The summed E-state index contributed by atoms with van der Waals surface area (Å²) in [5.41, 5.74) is 0.215. The Kier molecular flexibility index (Phi) is 14.7. The molecule has 366 valence electrons. The van der Waals surface area contributed by atoms with Gasteiger partial charge in [-0.1, -0.05) is 13.8 Å². The number of esters is 1. The van der Waals surface area contributed by atoms with Crippen molar-refractivity contribution in [3.63, 3.8) is 0 Å². The molecule has 0 aromatic heterocycles. The molecule has 24 atom stereocenters. The molecule has 17 nitrogen and oxygen atoms in total. The van der Waals surface area contributed by atoms with E-state index in [4.69, 9.17) is 53.2 Å². The molecular weight excluding hydrogens is 836 g/mol. The van der Waals surface area contributed by atoms with Crippen LogP contribution in [0.25, 0.3) is 0 Å². The number of aliphatic hydroxyl groups excluding tert-OH is 7. The van der Waals surface area contributed by atoms with E-state index in [1.165, 1.54) is 0 Å². The van der Waals surface area contributed by atoms with Crippen molar-refractivity contribution < 1.29 is 83.5 Å². The van der Waals surface area contributed by atoms with Crippen LogP contribution in [0, 0.1) is 34.5 Å². The molecule has 9 aliphatic rings. The van der Waals surface area contributed by atoms with E-state index >= 15 is 0 Å². The maximum atomic E-state index is 12.6. The summed E-state index contributed by atoms with van der Waals surface area (Å²) in [4.78, 5) is 11.9. The third kappa shape index (κ3) is 9.37. The molecule has 5 heterocycles. The van der Waals surface area contributed by atoms with Crippen molar-refractivity contribution >= 4 is 5.97 Å². The molecular formula is C47H76O17. The zero-order valence-corrected chi connectivity index (χ0v) is 38.4. The van der Waals surface area contributed by atoms with Crippen LogP contribution in [0.1, 0.15) is 125 Å². The molecule has 4 aliphatic carbocycles. The van der Waals surface area contributed by atoms with Crippen molar-refractivity contribution in [1.29, 1.82) is 0 Å². The van der Waals surface area contributed by atoms with E-state index in [-0.39, 0.29) is 60.4 Å². The summed E-state index contributed by atoms with van der Waals surface area (Å²) in [6.45, 7) is 12.0. The molecule has 9 rings (SSSR count). The first-order chi connectivity index (χ1) is 30.2. The van der Waals surface area contributed by atoms with E-state index in [0.29, 0.717) is 18.4 Å². The van der Waals surface area contributed by atoms with Crippen LogP contribution < -0.4 is 0 Å². The molecule has 5 aliphatic heterocycles. The lowest BCUT2D eigenvalue weighted by molar-refractivity contribution is -0.336. The minimum Gasteiger partial charge on any atom is -0.458 e. The summed E-state index contributed by atoms with van der Waals surface area (Å²) in [5.74, 6) is 1.13. The van der Waals surface area contributed by atoms with Gasteiger partial charge in [0.1, 0.15) is 31.0 Å². The Hall–Kier alpha value is -1.39. The van der Waals surface area contributed by atoms with Crippen molar-refractivity contribution in [3.05, 3.63) is 11.6 Å². The maximum absolute atomic E-state index is 12.6. The lowest BCUT2D eigenvalue weighted by Gasteiger charge is -2.64. The highest BCUT2D eigenvalue weighted by Gasteiger charge is 2.68. The zero-order valence-electron chi connectivity index (χ0n) is 38.4. The molecule has 0 bridgehead atoms. The van der Waals surface area contributed by atoms with E-state index in [1.807, 2.05) is 6.92 Å². The van der Waals surface area contributed by atoms with Gasteiger partial charge in [-0.3, -0.25) is 0 Å². The van der Waals surface area contributed by atoms with Crippen LogP contribution in [0.15, 0.2) is 11.6 Å². The lowest BCUT2D eigenvalue weighted by atomic mass is 9.43. The van der Waals surface area contributed by atoms with Crippen LogP contribution in [-0.2, 0) is 42.7 Å². The Bertz CT molecular complexity index is 1600. The van der Waals surface area contributed by atoms with Gasteiger partial charge in [0.05, 0.1) is 60.5 Å². The Balaban J connectivity index is 0.000000496. The Morgan fingerprint density at radius 3 is 1.72 bits per heavy atom. The molecule has 0 unspecified atom stereocenters. The molecule has 17 heteroatoms. The van der Waals surface area contributed by atoms with E-state index in [1.54, 1.807) is 26.8 Å². The molecule has 0 spiro atoms. The first kappa shape index (κ1) is 49.0. The van der Waals surface area contributed by atoms with Gasteiger partial charge < -0.3 is 78.7 Å². The van der Waals surface area contributed by atoms with Crippen molar-refractivity contribution in [2.75, 3.05) is 6.61 Å². The van der Waals surface area contributed by atoms with Crippen molar-refractivity contribution in [1.82, 2.24) is 0 Å². The van der Waals surface area contributed by atoms with Crippen LogP contribution in [-0.4, -0.2) is 164 Å². The molecule has 64 heavy (non-hydrogen) atoms. The zero-order chi connectivity index (χ0) is 46.0. The third-order valence-electron chi connectivity index (χ3n) is 17.5. The summed E-state index contributed by atoms with van der Waals surface area (Å²) < 4.78 is 47.0. The number of hydrogen-bond acceptors (Lipinski definition) is 17. The van der Waals surface area contributed by atoms with Crippen molar-refractivity contribution in [3.8, 4) is 0 Å². The standard InChI is InChI=1S/C41H64O13.C6H12O4/c1-20-36(46)29(42)16-34(49-20)53-38-22(3)51-35(18-31(38)44)54-37-21(2)50-33(17-30(37)43)52-25-8-11-39(4)24(15-25)6-7-28-27(39)9-12-40(5)26(10-13-41(28,40)47)23-14-32(45)48-19-23;1-3-6(9)4(7)2-5(8)10-3/h14,20-22,24-31,33-38,42-44,46-47H,6-13,15-19H2,1-5H3;3-9H,2H2,1H3/t20-,21-,22-,24-,25+,26-,27+,28-,29+,30+,31+,33+,34+,35+,36-,37-,38-,39+,40-,41+;3-,4+,5-,6-/m11/s1. The Morgan fingerprint density at radius 2 is 1.16 bits per heavy atom. The predicted molar refractivity (Wildman–Crippen MR) is 224 cm³/mol. The van der Waals surface area contributed by atoms with E-state index in [9.17, 15) is 30.3 Å². The minimum atomic E-state index is -0.996. The molecule has 0 aromatic rings. The van der Waals surface area contributed by atoms with Crippen LogP contribution in [0.2, 0.25) is 0 Å². The number of rotatable bonds is 7. The van der Waals surface area contributed by atoms with Gasteiger partial charge in [-0.05, 0) is 120 Å². The second-order valence-corrected chi connectivity index (χ2v) is 21.3. The van der Waals surface area contributed by atoms with E-state index in [0.717, 1.165) is 63.4 Å². The highest BCUT2D eigenvalue weighted by atomic mass is 16.7. The van der Waals surface area contributed by atoms with Crippen LogP contribution in [0.3, 0.4) is 0 Å². The Morgan fingerprint density at radius 1 is 0.594 bits per heavy atom. The summed E-state index contributed by atoms with van der Waals surface area (Å²) >= 11 is 0. The van der Waals surface area contributed by atoms with Gasteiger partial charge in [0.2, 0.25) is 0 Å². The molecule has 0 aromatic carbocycles. The SMILES string of the molecule is C[C@H]1O[C@@H](O)C[C@H](O)[C@@H]1O.C[C@H]1O[C@@H](O[C@H]2[C@@H](O)C[C@H](O[C@H]3[C@@H](O)C[C@H](O[C@H]4CC[C@@]5(C)[C@H](CC[C@@H]6[C@@H]5CC[C@]5(C)[C@@H](C7=CC(=O)OC7)CC[C@]65O)C4)O[C@@H]3C)O[C@@H]2C)C[C@H](O)[C@@H]1O. The molecule has 0 amide bonds. The number of fused-ring (bicyclic) bond motifs is 5. The smallest absolute Gasteiger partial charge is 0.331 e.